The van der Waals surface area contributed by atoms with Crippen molar-refractivity contribution in [2.24, 2.45) is 0 Å². The molecule has 36 heavy (non-hydrogen) atoms. The van der Waals surface area contributed by atoms with E-state index >= 15 is 0 Å². The highest BCUT2D eigenvalue weighted by Crippen LogP contribution is 2.33. The van der Waals surface area contributed by atoms with Gasteiger partial charge in [0, 0.05) is 25.4 Å². The number of hydrogen-bond acceptors (Lipinski definition) is 4. The molecule has 2 aromatic rings. The molecular weight excluding hydrogens is 475 g/mol. The van der Waals surface area contributed by atoms with E-state index in [9.17, 15) is 32.3 Å². The first kappa shape index (κ1) is 25.4. The summed E-state index contributed by atoms with van der Waals surface area (Å²) in [6.07, 6.45) is -2.90. The molecule has 1 aliphatic carbocycles. The van der Waals surface area contributed by atoms with Gasteiger partial charge in [-0.2, -0.15) is 13.2 Å². The monoisotopic (exact) mass is 501 g/mol. The largest absolute Gasteiger partial charge is 0.416 e. The lowest BCUT2D eigenvalue weighted by atomic mass is 10.0. The predicted octanol–water partition coefficient (Wildman–Crippen LogP) is 2.77. The molecule has 1 saturated heterocycles. The van der Waals surface area contributed by atoms with Crippen molar-refractivity contribution >= 4 is 23.5 Å². The first-order chi connectivity index (χ1) is 17.1. The number of likely N-dealkylation sites (tertiary alicyclic amines) is 1. The Morgan fingerprint density at radius 3 is 2.31 bits per heavy atom. The Morgan fingerprint density at radius 2 is 1.64 bits per heavy atom. The lowest BCUT2D eigenvalue weighted by Crippen LogP contribution is -2.53. The molecule has 1 saturated carbocycles. The maximum atomic E-state index is 13.5. The van der Waals surface area contributed by atoms with Crippen LogP contribution < -0.4 is 10.6 Å². The molecule has 2 aliphatic rings. The molecule has 2 N–H and O–H groups in total. The third-order valence-electron chi connectivity index (χ3n) is 6.35. The van der Waals surface area contributed by atoms with E-state index in [-0.39, 0.29) is 30.9 Å². The van der Waals surface area contributed by atoms with Crippen molar-refractivity contribution in [3.05, 3.63) is 71.3 Å². The Morgan fingerprint density at radius 1 is 0.972 bits per heavy atom. The van der Waals surface area contributed by atoms with Crippen LogP contribution in [0.1, 0.15) is 42.4 Å². The summed E-state index contributed by atoms with van der Waals surface area (Å²) in [5, 5.41) is 5.22. The van der Waals surface area contributed by atoms with Crippen LogP contribution in [0.4, 0.5) is 13.2 Å². The van der Waals surface area contributed by atoms with Crippen LogP contribution in [-0.2, 0) is 38.3 Å². The van der Waals surface area contributed by atoms with Crippen molar-refractivity contribution in [3.8, 4) is 0 Å². The molecule has 2 aromatic carbocycles. The summed E-state index contributed by atoms with van der Waals surface area (Å²) in [7, 11) is 0. The molecule has 4 rings (SSSR count). The normalized spacial score (nSPS) is 18.6. The second-order valence-corrected chi connectivity index (χ2v) is 9.09. The highest BCUT2D eigenvalue weighted by atomic mass is 19.4. The van der Waals surface area contributed by atoms with Gasteiger partial charge in [0.25, 0.3) is 5.91 Å². The van der Waals surface area contributed by atoms with Gasteiger partial charge in [-0.25, -0.2) is 0 Å². The van der Waals surface area contributed by atoms with Gasteiger partial charge in [0.05, 0.1) is 5.56 Å². The summed E-state index contributed by atoms with van der Waals surface area (Å²) in [5.74, 6) is -2.74. The van der Waals surface area contributed by atoms with E-state index in [2.05, 4.69) is 10.6 Å². The summed E-state index contributed by atoms with van der Waals surface area (Å²) in [5.41, 5.74) is -0.287. The second-order valence-electron chi connectivity index (χ2n) is 9.09. The summed E-state index contributed by atoms with van der Waals surface area (Å²) in [6.45, 7) is -0.397. The highest BCUT2D eigenvalue weighted by molar-refractivity contribution is 6.38. The van der Waals surface area contributed by atoms with Gasteiger partial charge in [0.15, 0.2) is 0 Å². The Kier molecular flexibility index (Phi) is 7.42. The Labute approximate surface area is 206 Å². The van der Waals surface area contributed by atoms with Crippen molar-refractivity contribution in [3.63, 3.8) is 0 Å². The van der Waals surface area contributed by atoms with Crippen molar-refractivity contribution < 1.29 is 32.3 Å². The fourth-order valence-electron chi connectivity index (χ4n) is 4.29. The van der Waals surface area contributed by atoms with Gasteiger partial charge in [-0.1, -0.05) is 48.5 Å². The molecular formula is C26H26F3N3O4. The van der Waals surface area contributed by atoms with E-state index in [0.717, 1.165) is 23.8 Å². The van der Waals surface area contributed by atoms with E-state index < -0.39 is 53.9 Å². The Bertz CT molecular complexity index is 1150. The molecule has 2 atom stereocenters. The maximum Gasteiger partial charge on any atom is 0.416 e. The first-order valence-corrected chi connectivity index (χ1v) is 11.8. The van der Waals surface area contributed by atoms with Crippen LogP contribution >= 0.6 is 0 Å². The van der Waals surface area contributed by atoms with E-state index in [1.165, 1.54) is 18.2 Å². The van der Waals surface area contributed by atoms with Crippen molar-refractivity contribution in [1.82, 2.24) is 15.5 Å². The number of nitrogens with zero attached hydrogens (tertiary/aromatic N) is 1. The standard InChI is InChI=1S/C26H26F3N3O4/c27-26(28,29)19-9-5-4-8-17(19)15-32-21(12-13-22(32)33)24(35)31-20(14-16-6-2-1-3-7-16)23(34)25(36)30-18-10-11-18/h1-9,18,20-21H,10-15H2,(H,30,36)(H,31,35)/t20?,21-/m1/s1. The molecule has 0 spiro atoms. The van der Waals surface area contributed by atoms with Crippen LogP contribution in [0, 0.1) is 0 Å². The highest BCUT2D eigenvalue weighted by Gasteiger charge is 2.40. The number of ketones is 1. The third kappa shape index (κ3) is 6.10. The molecule has 190 valence electrons. The Balaban J connectivity index is 1.52. The average Bonchev–Trinajstić information content (AvgIpc) is 3.59. The molecule has 7 nitrogen and oxygen atoms in total. The molecule has 0 aromatic heterocycles. The number of Topliss-reactive ketones (excluding diaryl/α,β-unsaturated/α-hetero) is 1. The first-order valence-electron chi connectivity index (χ1n) is 11.8. The lowest BCUT2D eigenvalue weighted by Gasteiger charge is -2.27. The van der Waals surface area contributed by atoms with Gasteiger partial charge >= 0.3 is 6.18 Å². The molecule has 1 heterocycles. The fourth-order valence-corrected chi connectivity index (χ4v) is 4.29. The average molecular weight is 502 g/mol. The van der Waals surface area contributed by atoms with Crippen LogP contribution in [0.5, 0.6) is 0 Å². The molecule has 1 unspecified atom stereocenters. The molecule has 10 heteroatoms. The van der Waals surface area contributed by atoms with Crippen molar-refractivity contribution in [1.29, 1.82) is 0 Å². The zero-order chi connectivity index (χ0) is 25.9. The van der Waals surface area contributed by atoms with Crippen molar-refractivity contribution in [2.45, 2.75) is 63.0 Å². The zero-order valence-electron chi connectivity index (χ0n) is 19.4. The van der Waals surface area contributed by atoms with Gasteiger partial charge in [-0.3, -0.25) is 19.2 Å². The fraction of sp³-hybridized carbons (Fsp3) is 0.385. The van der Waals surface area contributed by atoms with E-state index in [1.807, 2.05) is 0 Å². The van der Waals surface area contributed by atoms with Crippen LogP contribution in [0.3, 0.4) is 0 Å². The van der Waals surface area contributed by atoms with E-state index in [1.54, 1.807) is 30.3 Å². The van der Waals surface area contributed by atoms with Gasteiger partial charge in [0.1, 0.15) is 12.1 Å². The number of halogens is 3. The van der Waals surface area contributed by atoms with Crippen molar-refractivity contribution in [2.75, 3.05) is 0 Å². The molecule has 0 radical (unpaired) electrons. The van der Waals surface area contributed by atoms with Gasteiger partial charge in [0.2, 0.25) is 17.6 Å². The topological polar surface area (TPSA) is 95.6 Å². The number of rotatable bonds is 9. The smallest absolute Gasteiger partial charge is 0.347 e. The minimum Gasteiger partial charge on any atom is -0.347 e. The molecule has 1 aliphatic heterocycles. The summed E-state index contributed by atoms with van der Waals surface area (Å²) >= 11 is 0. The van der Waals surface area contributed by atoms with Gasteiger partial charge < -0.3 is 15.5 Å². The number of amides is 3. The lowest BCUT2D eigenvalue weighted by molar-refractivity contribution is -0.142. The third-order valence-corrected chi connectivity index (χ3v) is 6.35. The van der Waals surface area contributed by atoms with E-state index in [0.29, 0.717) is 5.56 Å². The number of carbonyl (C=O) groups is 4. The number of nitrogens with one attached hydrogen (secondary N) is 2. The Hall–Kier alpha value is -3.69. The number of alkyl halides is 3. The molecule has 3 amide bonds. The SMILES string of the molecule is O=C(NC1CC1)C(=O)C(Cc1ccccc1)NC(=O)[C@H]1CCC(=O)N1Cc1ccccc1C(F)(F)F. The minimum atomic E-state index is -4.61. The van der Waals surface area contributed by atoms with E-state index in [4.69, 9.17) is 0 Å². The molecule has 2 fully saturated rings. The minimum absolute atomic E-state index is 0.00820. The zero-order valence-corrected chi connectivity index (χ0v) is 19.4. The second kappa shape index (κ2) is 10.5. The van der Waals surface area contributed by atoms with Crippen LogP contribution in [0.25, 0.3) is 0 Å². The van der Waals surface area contributed by atoms with Crippen LogP contribution in [-0.4, -0.2) is 46.5 Å². The summed E-state index contributed by atoms with van der Waals surface area (Å²) in [6, 6.07) is 11.4. The van der Waals surface area contributed by atoms with Gasteiger partial charge in [-0.15, -0.1) is 0 Å². The maximum absolute atomic E-state index is 13.5. The van der Waals surface area contributed by atoms with Gasteiger partial charge in [-0.05, 0) is 36.5 Å². The summed E-state index contributed by atoms with van der Waals surface area (Å²) in [4.78, 5) is 52.2. The quantitative estimate of drug-likeness (QED) is 0.517. The van der Waals surface area contributed by atoms with Crippen LogP contribution in [0.15, 0.2) is 54.6 Å². The number of hydrogen-bond donors (Lipinski definition) is 2. The number of benzene rings is 2. The molecule has 0 bridgehead atoms. The van der Waals surface area contributed by atoms with Crippen LogP contribution in [0.2, 0.25) is 0 Å². The number of carbonyl (C=O) groups excluding carboxylic acids is 4. The predicted molar refractivity (Wildman–Crippen MR) is 123 cm³/mol. The summed E-state index contributed by atoms with van der Waals surface area (Å²) < 4.78 is 40.4.